The number of nitrogens with zero attached hydrogens (tertiary/aromatic N) is 2. The summed E-state index contributed by atoms with van der Waals surface area (Å²) in [5.41, 5.74) is 3.11. The van der Waals surface area contributed by atoms with Crippen molar-refractivity contribution in [2.75, 3.05) is 23.1 Å². The average Bonchev–Trinajstić information content (AvgIpc) is 3.43. The Balaban J connectivity index is 0.000000968. The molecule has 12 heteroatoms. The number of aromatic nitrogens is 1. The summed E-state index contributed by atoms with van der Waals surface area (Å²) in [5.74, 6) is -0.731. The van der Waals surface area contributed by atoms with E-state index in [2.05, 4.69) is 32.1 Å². The van der Waals surface area contributed by atoms with Crippen molar-refractivity contribution in [3.8, 4) is 0 Å². The Morgan fingerprint density at radius 1 is 1.30 bits per heavy atom. The molecule has 1 saturated heterocycles. The fourth-order valence-electron chi connectivity index (χ4n) is 3.46. The summed E-state index contributed by atoms with van der Waals surface area (Å²) in [6.07, 6.45) is 0.885. The number of benzene rings is 2. The van der Waals surface area contributed by atoms with Gasteiger partial charge in [-0.05, 0) is 24.1 Å². The van der Waals surface area contributed by atoms with Gasteiger partial charge < -0.3 is 10.4 Å². The second-order valence-electron chi connectivity index (χ2n) is 7.20. The molecule has 4 rings (SSSR count). The lowest BCUT2D eigenvalue weighted by molar-refractivity contribution is -0.122. The van der Waals surface area contributed by atoms with E-state index in [0.29, 0.717) is 5.69 Å². The van der Waals surface area contributed by atoms with Gasteiger partial charge in [-0.25, -0.2) is 17.8 Å². The second-order valence-corrected chi connectivity index (χ2v) is 9.97. The lowest BCUT2D eigenvalue weighted by Gasteiger charge is -2.18. The van der Waals surface area contributed by atoms with Gasteiger partial charge in [-0.15, -0.1) is 11.3 Å². The number of thiazole rings is 1. The first kappa shape index (κ1) is 24.9. The molecular weight excluding hydrogens is 491 g/mol. The van der Waals surface area contributed by atoms with Crippen LogP contribution in [0.1, 0.15) is 12.0 Å². The minimum atomic E-state index is -4.13. The van der Waals surface area contributed by atoms with Crippen LogP contribution in [0.3, 0.4) is 0 Å². The minimum absolute atomic E-state index is 0.0983. The molecule has 1 fully saturated rings. The van der Waals surface area contributed by atoms with Gasteiger partial charge in [0.1, 0.15) is 10.7 Å². The third-order valence-electron chi connectivity index (χ3n) is 4.86. The van der Waals surface area contributed by atoms with E-state index in [0.717, 1.165) is 38.2 Å². The predicted octanol–water partition coefficient (Wildman–Crippen LogP) is 4.12. The molecule has 33 heavy (non-hydrogen) atoms. The van der Waals surface area contributed by atoms with Gasteiger partial charge in [0.05, 0.1) is 16.2 Å². The zero-order valence-electron chi connectivity index (χ0n) is 17.3. The zero-order valence-corrected chi connectivity index (χ0v) is 19.7. The fraction of sp³-hybridized carbons (Fsp3) is 0.238. The highest BCUT2D eigenvalue weighted by Gasteiger charge is 2.26. The Kier molecular flexibility index (Phi) is 8.61. The molecule has 1 aromatic heterocycles. The highest BCUT2D eigenvalue weighted by Crippen LogP contribution is 2.30. The molecule has 0 saturated carbocycles. The van der Waals surface area contributed by atoms with Crippen LogP contribution in [0.25, 0.3) is 0 Å². The van der Waals surface area contributed by atoms with Crippen LogP contribution in [-0.4, -0.2) is 49.0 Å². The van der Waals surface area contributed by atoms with E-state index < -0.39 is 20.7 Å². The molecule has 3 aromatic rings. The van der Waals surface area contributed by atoms with Crippen molar-refractivity contribution in [1.29, 1.82) is 0 Å². The average molecular weight is 513 g/mol. The number of rotatable bonds is 7. The quantitative estimate of drug-likeness (QED) is 0.408. The van der Waals surface area contributed by atoms with Crippen LogP contribution < -0.4 is 10.0 Å². The Morgan fingerprint density at radius 2 is 2.03 bits per heavy atom. The van der Waals surface area contributed by atoms with Crippen molar-refractivity contribution in [2.45, 2.75) is 23.9 Å². The van der Waals surface area contributed by atoms with Gasteiger partial charge in [-0.2, -0.15) is 0 Å². The first-order valence-electron chi connectivity index (χ1n) is 9.83. The molecule has 0 bridgehead atoms. The van der Waals surface area contributed by atoms with Gasteiger partial charge >= 0.3 is 0 Å². The van der Waals surface area contributed by atoms with Crippen LogP contribution >= 0.6 is 22.9 Å². The van der Waals surface area contributed by atoms with E-state index in [1.165, 1.54) is 27.8 Å². The van der Waals surface area contributed by atoms with Gasteiger partial charge in [0.15, 0.2) is 5.82 Å². The fourth-order valence-corrected chi connectivity index (χ4v) is 5.38. The maximum atomic E-state index is 14.6. The maximum absolute atomic E-state index is 14.6. The topological polar surface area (TPSA) is 112 Å². The minimum Gasteiger partial charge on any atom is -0.483 e. The van der Waals surface area contributed by atoms with Crippen LogP contribution in [0, 0.1) is 5.82 Å². The molecule has 2 heterocycles. The van der Waals surface area contributed by atoms with E-state index >= 15 is 0 Å². The van der Waals surface area contributed by atoms with Crippen molar-refractivity contribution in [3.63, 3.8) is 0 Å². The zero-order chi connectivity index (χ0) is 23.8. The molecule has 176 valence electrons. The molecule has 3 N–H and O–H groups in total. The Morgan fingerprint density at radius 3 is 2.70 bits per heavy atom. The number of carbonyl (C=O) groups is 1. The Hall–Kier alpha value is -2.73. The van der Waals surface area contributed by atoms with Crippen LogP contribution in [0.4, 0.5) is 15.9 Å². The standard InChI is InChI=1S/C20H20ClFN4O2S2.CH2O2/c21-16-8-19(30(27,28)25-20-12-29-13-23-20)17(22)9-18(16)24-15-6-7-26(11-15)10-14-4-2-1-3-5-14;2-1-3/h1-5,8-9,12-13,15,24-25H,6-7,10-11H2;1H,(H,2,3). The molecule has 1 unspecified atom stereocenters. The van der Waals surface area contributed by atoms with E-state index in [4.69, 9.17) is 21.5 Å². The summed E-state index contributed by atoms with van der Waals surface area (Å²) < 4.78 is 41.8. The summed E-state index contributed by atoms with van der Waals surface area (Å²) >= 11 is 7.52. The lowest BCUT2D eigenvalue weighted by atomic mass is 10.2. The summed E-state index contributed by atoms with van der Waals surface area (Å²) in [7, 11) is -4.13. The van der Waals surface area contributed by atoms with Crippen LogP contribution in [-0.2, 0) is 21.4 Å². The molecule has 1 aliphatic heterocycles. The Bertz CT molecular complexity index is 1160. The number of nitrogens with one attached hydrogen (secondary N) is 2. The van der Waals surface area contributed by atoms with Crippen molar-refractivity contribution < 1.29 is 22.7 Å². The molecular formula is C21H22ClFN4O4S2. The van der Waals surface area contributed by atoms with E-state index in [1.807, 2.05) is 18.2 Å². The first-order valence-corrected chi connectivity index (χ1v) is 12.6. The molecule has 0 spiro atoms. The van der Waals surface area contributed by atoms with Crippen LogP contribution in [0.2, 0.25) is 5.02 Å². The number of carboxylic acid groups (broad SMARTS) is 1. The monoisotopic (exact) mass is 512 g/mol. The first-order chi connectivity index (χ1) is 15.8. The van der Waals surface area contributed by atoms with Crippen molar-refractivity contribution in [1.82, 2.24) is 9.88 Å². The number of hydrogen-bond acceptors (Lipinski definition) is 7. The second kappa shape index (κ2) is 11.4. The van der Waals surface area contributed by atoms with Gasteiger partial charge in [0, 0.05) is 31.1 Å². The van der Waals surface area contributed by atoms with E-state index in [-0.39, 0.29) is 23.4 Å². The van der Waals surface area contributed by atoms with Crippen LogP contribution in [0.15, 0.2) is 58.3 Å². The smallest absolute Gasteiger partial charge is 0.290 e. The summed E-state index contributed by atoms with van der Waals surface area (Å²) in [5, 5.41) is 11.8. The molecule has 1 aliphatic rings. The molecule has 0 amide bonds. The number of hydrogen-bond donors (Lipinski definition) is 3. The maximum Gasteiger partial charge on any atom is 0.290 e. The SMILES string of the molecule is O=CO.O=S(=O)(Nc1cscn1)c1cc(Cl)c(NC2CCN(Cc3ccccc3)C2)cc1F. The predicted molar refractivity (Wildman–Crippen MR) is 127 cm³/mol. The molecule has 0 radical (unpaired) electrons. The molecule has 8 nitrogen and oxygen atoms in total. The van der Waals surface area contributed by atoms with E-state index in [1.54, 1.807) is 0 Å². The summed E-state index contributed by atoms with van der Waals surface area (Å²) in [6, 6.07) is 12.6. The summed E-state index contributed by atoms with van der Waals surface area (Å²) in [6.45, 7) is 2.30. The van der Waals surface area contributed by atoms with Crippen molar-refractivity contribution >= 4 is 50.9 Å². The van der Waals surface area contributed by atoms with Gasteiger partial charge in [0.2, 0.25) is 0 Å². The number of halogens is 2. The van der Waals surface area contributed by atoms with Gasteiger partial charge in [-0.3, -0.25) is 14.4 Å². The van der Waals surface area contributed by atoms with Crippen molar-refractivity contribution in [3.05, 3.63) is 69.8 Å². The molecule has 2 aromatic carbocycles. The normalized spacial score (nSPS) is 16.0. The highest BCUT2D eigenvalue weighted by molar-refractivity contribution is 7.92. The third kappa shape index (κ3) is 6.87. The number of sulfonamides is 1. The lowest BCUT2D eigenvalue weighted by Crippen LogP contribution is -2.26. The number of likely N-dealkylation sites (tertiary alicyclic amines) is 1. The number of anilines is 2. The Labute approximate surface area is 200 Å². The van der Waals surface area contributed by atoms with Crippen molar-refractivity contribution in [2.24, 2.45) is 0 Å². The largest absolute Gasteiger partial charge is 0.483 e. The van der Waals surface area contributed by atoms with E-state index in [9.17, 15) is 12.8 Å². The van der Waals surface area contributed by atoms with Gasteiger partial charge in [-0.1, -0.05) is 41.9 Å². The molecule has 0 aliphatic carbocycles. The summed E-state index contributed by atoms with van der Waals surface area (Å²) in [4.78, 5) is 14.0. The van der Waals surface area contributed by atoms with Gasteiger partial charge in [0.25, 0.3) is 16.5 Å². The van der Waals surface area contributed by atoms with Crippen LogP contribution in [0.5, 0.6) is 0 Å². The highest BCUT2D eigenvalue weighted by atomic mass is 35.5. The molecule has 1 atom stereocenters. The third-order valence-corrected chi connectivity index (χ3v) is 7.13.